The molecule has 0 fully saturated rings. The maximum Gasteiger partial charge on any atom is 2.00 e. The van der Waals surface area contributed by atoms with Crippen LogP contribution in [0.4, 0.5) is 0 Å². The van der Waals surface area contributed by atoms with E-state index in [2.05, 4.69) is 34.7 Å². The Balaban J connectivity index is -0.000000653. The number of aryl methyl sites for hydroxylation is 1. The van der Waals surface area contributed by atoms with Gasteiger partial charge in [0.1, 0.15) is 5.75 Å². The molecule has 0 aliphatic carbocycles. The SMILES string of the molecule is COCCCc1cc(I)ccc1OC.[H-].[H-].[Mg+2]. The molecule has 1 aromatic rings. The smallest absolute Gasteiger partial charge is 1.00 e. The molecule has 1 aromatic carbocycles. The quantitative estimate of drug-likeness (QED) is 0.469. The van der Waals surface area contributed by atoms with E-state index in [0.29, 0.717) is 0 Å². The zero-order chi connectivity index (χ0) is 10.4. The summed E-state index contributed by atoms with van der Waals surface area (Å²) >= 11 is 2.31. The van der Waals surface area contributed by atoms with Crippen LogP contribution in [0, 0.1) is 3.57 Å². The second-order valence-corrected chi connectivity index (χ2v) is 4.30. The van der Waals surface area contributed by atoms with Crippen molar-refractivity contribution in [3.8, 4) is 5.75 Å². The van der Waals surface area contributed by atoms with Gasteiger partial charge in [-0.05, 0) is 59.2 Å². The molecular formula is C11H17IMgO2. The molecule has 0 aromatic heterocycles. The normalized spacial score (nSPS) is 9.53. The summed E-state index contributed by atoms with van der Waals surface area (Å²) in [4.78, 5) is 0. The maximum atomic E-state index is 5.29. The van der Waals surface area contributed by atoms with Crippen LogP contribution in [-0.4, -0.2) is 43.9 Å². The van der Waals surface area contributed by atoms with E-state index < -0.39 is 0 Å². The fraction of sp³-hybridized carbons (Fsp3) is 0.455. The van der Waals surface area contributed by atoms with Gasteiger partial charge in [-0.25, -0.2) is 0 Å². The third kappa shape index (κ3) is 5.37. The summed E-state index contributed by atoms with van der Waals surface area (Å²) in [6, 6.07) is 6.23. The summed E-state index contributed by atoms with van der Waals surface area (Å²) in [5.41, 5.74) is 1.26. The van der Waals surface area contributed by atoms with Gasteiger partial charge in [-0.3, -0.25) is 0 Å². The van der Waals surface area contributed by atoms with E-state index in [-0.39, 0.29) is 25.9 Å². The van der Waals surface area contributed by atoms with Crippen molar-refractivity contribution in [3.63, 3.8) is 0 Å². The van der Waals surface area contributed by atoms with E-state index in [9.17, 15) is 0 Å². The summed E-state index contributed by atoms with van der Waals surface area (Å²) in [6.07, 6.45) is 2.04. The Morgan fingerprint density at radius 2 is 2.07 bits per heavy atom. The van der Waals surface area contributed by atoms with Crippen molar-refractivity contribution in [1.29, 1.82) is 0 Å². The van der Waals surface area contributed by atoms with Gasteiger partial charge >= 0.3 is 23.1 Å². The average molecular weight is 332 g/mol. The van der Waals surface area contributed by atoms with Crippen LogP contribution < -0.4 is 4.74 Å². The number of rotatable bonds is 5. The molecule has 0 saturated carbocycles. The number of benzene rings is 1. The fourth-order valence-corrected chi connectivity index (χ4v) is 1.91. The third-order valence-corrected chi connectivity index (χ3v) is 2.71. The Kier molecular flexibility index (Phi) is 8.88. The molecular weight excluding hydrogens is 315 g/mol. The molecule has 2 nitrogen and oxygen atoms in total. The summed E-state index contributed by atoms with van der Waals surface area (Å²) < 4.78 is 11.6. The second kappa shape index (κ2) is 8.61. The molecule has 0 atom stereocenters. The van der Waals surface area contributed by atoms with Crippen LogP contribution in [0.5, 0.6) is 5.75 Å². The topological polar surface area (TPSA) is 18.5 Å². The van der Waals surface area contributed by atoms with E-state index in [1.165, 1.54) is 9.13 Å². The van der Waals surface area contributed by atoms with Crippen molar-refractivity contribution >= 4 is 45.6 Å². The Bertz CT molecular complexity index is 301. The molecule has 0 radical (unpaired) electrons. The minimum atomic E-state index is 0. The van der Waals surface area contributed by atoms with Gasteiger partial charge < -0.3 is 12.3 Å². The average Bonchev–Trinajstić information content (AvgIpc) is 2.19. The number of methoxy groups -OCH3 is 2. The summed E-state index contributed by atoms with van der Waals surface area (Å²) in [6.45, 7) is 0.800. The molecule has 0 heterocycles. The molecule has 4 heteroatoms. The van der Waals surface area contributed by atoms with Crippen LogP contribution in [0.2, 0.25) is 0 Å². The molecule has 0 unspecified atom stereocenters. The minimum Gasteiger partial charge on any atom is -1.00 e. The zero-order valence-electron chi connectivity index (χ0n) is 11.3. The van der Waals surface area contributed by atoms with E-state index in [1.807, 2.05) is 6.07 Å². The Morgan fingerprint density at radius 1 is 1.33 bits per heavy atom. The first-order chi connectivity index (χ1) is 6.77. The van der Waals surface area contributed by atoms with Gasteiger partial charge in [0, 0.05) is 17.3 Å². The van der Waals surface area contributed by atoms with Gasteiger partial charge in [0.15, 0.2) is 0 Å². The van der Waals surface area contributed by atoms with Gasteiger partial charge in [0.25, 0.3) is 0 Å². The number of hydrogen-bond acceptors (Lipinski definition) is 2. The van der Waals surface area contributed by atoms with Crippen molar-refractivity contribution in [3.05, 3.63) is 27.3 Å². The number of halogens is 1. The van der Waals surface area contributed by atoms with E-state index in [0.717, 1.165) is 25.2 Å². The second-order valence-electron chi connectivity index (χ2n) is 3.05. The first-order valence-corrected chi connectivity index (χ1v) is 5.67. The maximum absolute atomic E-state index is 5.29. The monoisotopic (exact) mass is 332 g/mol. The van der Waals surface area contributed by atoms with Crippen molar-refractivity contribution < 1.29 is 12.3 Å². The molecule has 0 amide bonds. The third-order valence-electron chi connectivity index (χ3n) is 2.04. The number of hydrogen-bond donors (Lipinski definition) is 0. The van der Waals surface area contributed by atoms with Gasteiger partial charge in [-0.2, -0.15) is 0 Å². The molecule has 0 aliphatic heterocycles. The Hall–Kier alpha value is 0.476. The Labute approximate surface area is 124 Å². The van der Waals surface area contributed by atoms with E-state index >= 15 is 0 Å². The van der Waals surface area contributed by atoms with Gasteiger partial charge in [0.05, 0.1) is 7.11 Å². The van der Waals surface area contributed by atoms with Crippen LogP contribution in [-0.2, 0) is 11.2 Å². The molecule has 0 N–H and O–H groups in total. The molecule has 15 heavy (non-hydrogen) atoms. The zero-order valence-corrected chi connectivity index (χ0v) is 12.8. The van der Waals surface area contributed by atoms with Crippen molar-refractivity contribution in [2.45, 2.75) is 12.8 Å². The summed E-state index contributed by atoms with van der Waals surface area (Å²) in [7, 11) is 3.44. The van der Waals surface area contributed by atoms with Crippen LogP contribution in [0.3, 0.4) is 0 Å². The van der Waals surface area contributed by atoms with Gasteiger partial charge in [-0.15, -0.1) is 0 Å². The summed E-state index contributed by atoms with van der Waals surface area (Å²) in [5.74, 6) is 0.974. The molecule has 0 bridgehead atoms. The minimum absolute atomic E-state index is 0. The van der Waals surface area contributed by atoms with Crippen molar-refractivity contribution in [1.82, 2.24) is 0 Å². The largest absolute Gasteiger partial charge is 2.00 e. The van der Waals surface area contributed by atoms with Crippen LogP contribution in [0.25, 0.3) is 0 Å². The van der Waals surface area contributed by atoms with Gasteiger partial charge in [-0.1, -0.05) is 0 Å². The molecule has 0 saturated heterocycles. The standard InChI is InChI=1S/C11H15IO2.Mg.2H/c1-13-7-3-4-9-8-10(12)5-6-11(9)14-2;;;/h5-6,8H,3-4,7H2,1-2H3;;;/q;+2;2*-1. The van der Waals surface area contributed by atoms with E-state index in [1.54, 1.807) is 14.2 Å². The predicted octanol–water partition coefficient (Wildman–Crippen LogP) is 2.72. The van der Waals surface area contributed by atoms with Crippen LogP contribution in [0.15, 0.2) is 18.2 Å². The van der Waals surface area contributed by atoms with E-state index in [4.69, 9.17) is 9.47 Å². The first kappa shape index (κ1) is 15.5. The summed E-state index contributed by atoms with van der Waals surface area (Å²) in [5, 5.41) is 0. The predicted molar refractivity (Wildman–Crippen MR) is 73.9 cm³/mol. The van der Waals surface area contributed by atoms with Crippen LogP contribution in [0.1, 0.15) is 14.8 Å². The van der Waals surface area contributed by atoms with Crippen molar-refractivity contribution in [2.75, 3.05) is 20.8 Å². The molecule has 82 valence electrons. The van der Waals surface area contributed by atoms with Crippen LogP contribution >= 0.6 is 22.6 Å². The Morgan fingerprint density at radius 3 is 2.67 bits per heavy atom. The first-order valence-electron chi connectivity index (χ1n) is 4.59. The fourth-order valence-electron chi connectivity index (χ4n) is 1.35. The number of ether oxygens (including phenoxy) is 2. The molecule has 1 rings (SSSR count). The van der Waals surface area contributed by atoms with Gasteiger partial charge in [0.2, 0.25) is 0 Å². The molecule has 0 spiro atoms. The van der Waals surface area contributed by atoms with Crippen molar-refractivity contribution in [2.24, 2.45) is 0 Å². The molecule has 0 aliphatic rings.